The first-order valence-corrected chi connectivity index (χ1v) is 6.21. The highest BCUT2D eigenvalue weighted by Crippen LogP contribution is 2.18. The van der Waals surface area contributed by atoms with Gasteiger partial charge in [0.05, 0.1) is 13.0 Å². The van der Waals surface area contributed by atoms with Gasteiger partial charge in [-0.25, -0.2) is 0 Å². The lowest BCUT2D eigenvalue weighted by molar-refractivity contribution is -0.150. The van der Waals surface area contributed by atoms with Crippen molar-refractivity contribution in [3.8, 4) is 5.75 Å². The van der Waals surface area contributed by atoms with Crippen molar-refractivity contribution in [2.45, 2.75) is 13.5 Å². The lowest BCUT2D eigenvalue weighted by atomic mass is 9.99. The summed E-state index contributed by atoms with van der Waals surface area (Å²) in [5, 5.41) is 3.20. The fraction of sp³-hybridized carbons (Fsp3) is 0.500. The van der Waals surface area contributed by atoms with E-state index in [-0.39, 0.29) is 11.9 Å². The molecule has 2 atom stereocenters. The largest absolute Gasteiger partial charge is 0.497 e. The van der Waals surface area contributed by atoms with Crippen LogP contribution in [-0.2, 0) is 16.1 Å². The van der Waals surface area contributed by atoms with Crippen LogP contribution in [0.4, 0.5) is 0 Å². The molecule has 1 aromatic rings. The van der Waals surface area contributed by atoms with Crippen LogP contribution < -0.4 is 10.1 Å². The molecule has 18 heavy (non-hydrogen) atoms. The summed E-state index contributed by atoms with van der Waals surface area (Å²) in [6.45, 7) is 4.01. The average Bonchev–Trinajstić information content (AvgIpc) is 2.83. The van der Waals surface area contributed by atoms with Crippen LogP contribution in [0.25, 0.3) is 0 Å². The van der Waals surface area contributed by atoms with Crippen molar-refractivity contribution in [1.82, 2.24) is 5.32 Å². The first-order chi connectivity index (χ1) is 8.70. The number of rotatable bonds is 4. The monoisotopic (exact) mass is 249 g/mol. The third kappa shape index (κ3) is 3.01. The fourth-order valence-corrected chi connectivity index (χ4v) is 2.11. The molecule has 1 saturated heterocycles. The molecular formula is C14H19NO3. The van der Waals surface area contributed by atoms with Crippen LogP contribution in [0.15, 0.2) is 24.3 Å². The number of carbonyl (C=O) groups is 1. The molecule has 0 saturated carbocycles. The minimum Gasteiger partial charge on any atom is -0.497 e. The molecule has 98 valence electrons. The van der Waals surface area contributed by atoms with Gasteiger partial charge in [0.15, 0.2) is 0 Å². The molecule has 0 radical (unpaired) electrons. The molecule has 1 N–H and O–H groups in total. The smallest absolute Gasteiger partial charge is 0.310 e. The van der Waals surface area contributed by atoms with Crippen molar-refractivity contribution >= 4 is 5.97 Å². The van der Waals surface area contributed by atoms with Crippen molar-refractivity contribution in [2.24, 2.45) is 11.8 Å². The molecule has 2 rings (SSSR count). The molecule has 1 aliphatic heterocycles. The van der Waals surface area contributed by atoms with Crippen LogP contribution >= 0.6 is 0 Å². The molecular weight excluding hydrogens is 230 g/mol. The second-order valence-electron chi connectivity index (χ2n) is 4.70. The van der Waals surface area contributed by atoms with Crippen LogP contribution in [0.3, 0.4) is 0 Å². The van der Waals surface area contributed by atoms with E-state index in [4.69, 9.17) is 9.47 Å². The van der Waals surface area contributed by atoms with Crippen molar-refractivity contribution in [2.75, 3.05) is 20.2 Å². The predicted octanol–water partition coefficient (Wildman–Crippen LogP) is 1.59. The topological polar surface area (TPSA) is 47.6 Å². The Kier molecular flexibility index (Phi) is 4.20. The molecule has 0 amide bonds. The van der Waals surface area contributed by atoms with E-state index in [2.05, 4.69) is 12.2 Å². The number of nitrogens with one attached hydrogen (secondary N) is 1. The summed E-state index contributed by atoms with van der Waals surface area (Å²) >= 11 is 0. The highest BCUT2D eigenvalue weighted by molar-refractivity contribution is 5.73. The standard InChI is InChI=1S/C14H19NO3/c1-10-7-15-8-13(10)14(16)18-9-11-3-5-12(17-2)6-4-11/h3-6,10,13,15H,7-9H2,1-2H3. The van der Waals surface area contributed by atoms with Crippen LogP contribution in [0.5, 0.6) is 5.75 Å². The lowest BCUT2D eigenvalue weighted by Gasteiger charge is -2.13. The van der Waals surface area contributed by atoms with Gasteiger partial charge in [0.1, 0.15) is 12.4 Å². The Labute approximate surface area is 107 Å². The Hall–Kier alpha value is -1.55. The van der Waals surface area contributed by atoms with E-state index in [0.29, 0.717) is 12.5 Å². The second-order valence-corrected chi connectivity index (χ2v) is 4.70. The van der Waals surface area contributed by atoms with Gasteiger partial charge in [-0.2, -0.15) is 0 Å². The minimum atomic E-state index is -0.108. The zero-order chi connectivity index (χ0) is 13.0. The molecule has 1 aliphatic rings. The van der Waals surface area contributed by atoms with E-state index in [9.17, 15) is 4.79 Å². The Morgan fingerprint density at radius 2 is 2.06 bits per heavy atom. The number of methoxy groups -OCH3 is 1. The van der Waals surface area contributed by atoms with Crippen molar-refractivity contribution in [3.05, 3.63) is 29.8 Å². The Morgan fingerprint density at radius 1 is 1.33 bits per heavy atom. The van der Waals surface area contributed by atoms with Crippen molar-refractivity contribution in [3.63, 3.8) is 0 Å². The van der Waals surface area contributed by atoms with Gasteiger partial charge in [-0.1, -0.05) is 19.1 Å². The maximum absolute atomic E-state index is 11.9. The Bertz CT molecular complexity index is 402. The summed E-state index contributed by atoms with van der Waals surface area (Å²) in [5.74, 6) is 1.04. The zero-order valence-electron chi connectivity index (χ0n) is 10.8. The van der Waals surface area contributed by atoms with Crippen LogP contribution in [0.2, 0.25) is 0 Å². The van der Waals surface area contributed by atoms with Gasteiger partial charge < -0.3 is 14.8 Å². The van der Waals surface area contributed by atoms with Gasteiger partial charge in [0, 0.05) is 6.54 Å². The highest BCUT2D eigenvalue weighted by atomic mass is 16.5. The van der Waals surface area contributed by atoms with Crippen molar-refractivity contribution < 1.29 is 14.3 Å². The number of esters is 1. The number of benzene rings is 1. The zero-order valence-corrected chi connectivity index (χ0v) is 10.8. The number of hydrogen-bond acceptors (Lipinski definition) is 4. The summed E-state index contributed by atoms with van der Waals surface area (Å²) in [4.78, 5) is 11.9. The molecule has 0 bridgehead atoms. The first kappa shape index (κ1) is 12.9. The molecule has 2 unspecified atom stereocenters. The molecule has 0 aromatic heterocycles. The second kappa shape index (κ2) is 5.87. The average molecular weight is 249 g/mol. The Balaban J connectivity index is 1.85. The highest BCUT2D eigenvalue weighted by Gasteiger charge is 2.30. The van der Waals surface area contributed by atoms with Gasteiger partial charge in [0.25, 0.3) is 0 Å². The van der Waals surface area contributed by atoms with Crippen LogP contribution in [0.1, 0.15) is 12.5 Å². The van der Waals surface area contributed by atoms with Gasteiger partial charge in [0.2, 0.25) is 0 Å². The fourth-order valence-electron chi connectivity index (χ4n) is 2.11. The molecule has 1 fully saturated rings. The molecule has 1 aromatic carbocycles. The third-order valence-corrected chi connectivity index (χ3v) is 3.36. The molecule has 0 aliphatic carbocycles. The lowest BCUT2D eigenvalue weighted by Crippen LogP contribution is -2.23. The predicted molar refractivity (Wildman–Crippen MR) is 68.3 cm³/mol. The van der Waals surface area contributed by atoms with E-state index >= 15 is 0 Å². The van der Waals surface area contributed by atoms with E-state index < -0.39 is 0 Å². The summed E-state index contributed by atoms with van der Waals surface area (Å²) in [6.07, 6.45) is 0. The summed E-state index contributed by atoms with van der Waals surface area (Å²) in [5.41, 5.74) is 0.975. The van der Waals surface area contributed by atoms with Crippen LogP contribution in [-0.4, -0.2) is 26.2 Å². The van der Waals surface area contributed by atoms with Gasteiger partial charge in [-0.3, -0.25) is 4.79 Å². The molecule has 4 heteroatoms. The maximum Gasteiger partial charge on any atom is 0.310 e. The normalized spacial score (nSPS) is 22.8. The number of ether oxygens (including phenoxy) is 2. The number of hydrogen-bond donors (Lipinski definition) is 1. The maximum atomic E-state index is 11.9. The Morgan fingerprint density at radius 3 is 2.61 bits per heavy atom. The van der Waals surface area contributed by atoms with Gasteiger partial charge >= 0.3 is 5.97 Å². The van der Waals surface area contributed by atoms with Crippen molar-refractivity contribution in [1.29, 1.82) is 0 Å². The number of carbonyl (C=O) groups excluding carboxylic acids is 1. The van der Waals surface area contributed by atoms with E-state index in [1.54, 1.807) is 7.11 Å². The molecule has 0 spiro atoms. The summed E-state index contributed by atoms with van der Waals surface area (Å²) in [6, 6.07) is 7.54. The molecule has 1 heterocycles. The minimum absolute atomic E-state index is 0.0109. The summed E-state index contributed by atoms with van der Waals surface area (Å²) in [7, 11) is 1.63. The molecule has 4 nitrogen and oxygen atoms in total. The van der Waals surface area contributed by atoms with Crippen LogP contribution in [0, 0.1) is 11.8 Å². The van der Waals surface area contributed by atoms with E-state index in [1.807, 2.05) is 24.3 Å². The SMILES string of the molecule is COc1ccc(COC(=O)C2CNCC2C)cc1. The summed E-state index contributed by atoms with van der Waals surface area (Å²) < 4.78 is 10.4. The van der Waals surface area contributed by atoms with Gasteiger partial charge in [-0.05, 0) is 30.2 Å². The first-order valence-electron chi connectivity index (χ1n) is 6.21. The van der Waals surface area contributed by atoms with E-state index in [1.165, 1.54) is 0 Å². The van der Waals surface area contributed by atoms with E-state index in [0.717, 1.165) is 24.4 Å². The van der Waals surface area contributed by atoms with Gasteiger partial charge in [-0.15, -0.1) is 0 Å². The third-order valence-electron chi connectivity index (χ3n) is 3.36. The quantitative estimate of drug-likeness (QED) is 0.823.